The summed E-state index contributed by atoms with van der Waals surface area (Å²) >= 11 is 0. The number of imidazole rings is 1. The molecular formula is C26H32F2N4O2. The summed E-state index contributed by atoms with van der Waals surface area (Å²) in [6.45, 7) is 7.22. The van der Waals surface area contributed by atoms with Crippen LogP contribution in [0.25, 0.3) is 11.3 Å². The molecule has 0 saturated carbocycles. The monoisotopic (exact) mass is 470 g/mol. The maximum Gasteiger partial charge on any atom is 0.410 e. The number of hydrogen-bond acceptors (Lipinski definition) is 4. The van der Waals surface area contributed by atoms with Crippen LogP contribution in [-0.4, -0.2) is 40.7 Å². The van der Waals surface area contributed by atoms with Gasteiger partial charge in [0, 0.05) is 24.8 Å². The summed E-state index contributed by atoms with van der Waals surface area (Å²) in [5.74, 6) is -0.572. The van der Waals surface area contributed by atoms with Crippen LogP contribution < -0.4 is 5.73 Å². The first-order valence-electron chi connectivity index (χ1n) is 11.3. The molecule has 34 heavy (non-hydrogen) atoms. The van der Waals surface area contributed by atoms with E-state index < -0.39 is 29.2 Å². The molecule has 0 spiro atoms. The second-order valence-electron chi connectivity index (χ2n) is 9.30. The molecule has 1 atom stereocenters. The number of carbonyl (C=O) groups excluding carboxylic acids is 1. The molecule has 6 nitrogen and oxygen atoms in total. The van der Waals surface area contributed by atoms with Gasteiger partial charge in [-0.2, -0.15) is 0 Å². The molecule has 0 aliphatic heterocycles. The van der Waals surface area contributed by atoms with Crippen LogP contribution in [0.15, 0.2) is 54.7 Å². The van der Waals surface area contributed by atoms with Crippen molar-refractivity contribution in [1.82, 2.24) is 14.5 Å². The average Bonchev–Trinajstić information content (AvgIpc) is 3.19. The first-order valence-corrected chi connectivity index (χ1v) is 11.3. The highest BCUT2D eigenvalue weighted by Gasteiger charge is 2.38. The normalized spacial score (nSPS) is 12.4. The second-order valence-corrected chi connectivity index (χ2v) is 9.30. The van der Waals surface area contributed by atoms with Crippen molar-refractivity contribution in [3.8, 4) is 11.3 Å². The highest BCUT2D eigenvalue weighted by molar-refractivity contribution is 5.68. The van der Waals surface area contributed by atoms with E-state index in [1.165, 1.54) is 7.11 Å². The quantitative estimate of drug-likeness (QED) is 0.480. The third kappa shape index (κ3) is 5.80. The first-order chi connectivity index (χ1) is 16.2. The van der Waals surface area contributed by atoms with Crippen molar-refractivity contribution in [2.75, 3.05) is 20.2 Å². The molecule has 0 radical (unpaired) electrons. The van der Waals surface area contributed by atoms with E-state index in [-0.39, 0.29) is 5.56 Å². The van der Waals surface area contributed by atoms with Crippen LogP contribution in [0.2, 0.25) is 0 Å². The number of halogens is 2. The van der Waals surface area contributed by atoms with E-state index in [0.29, 0.717) is 37.6 Å². The van der Waals surface area contributed by atoms with Crippen LogP contribution in [0.4, 0.5) is 13.6 Å². The van der Waals surface area contributed by atoms with Gasteiger partial charge in [0.25, 0.3) is 0 Å². The van der Waals surface area contributed by atoms with Gasteiger partial charge in [0.1, 0.15) is 17.5 Å². The van der Waals surface area contributed by atoms with Gasteiger partial charge < -0.3 is 15.0 Å². The summed E-state index contributed by atoms with van der Waals surface area (Å²) in [7, 11) is 1.33. The largest absolute Gasteiger partial charge is 0.453 e. The molecule has 3 aromatic rings. The third-order valence-corrected chi connectivity index (χ3v) is 5.60. The number of rotatable bonds is 8. The van der Waals surface area contributed by atoms with Crippen molar-refractivity contribution in [3.63, 3.8) is 0 Å². The Morgan fingerprint density at radius 2 is 1.88 bits per heavy atom. The summed E-state index contributed by atoms with van der Waals surface area (Å²) in [6.07, 6.45) is 1.78. The van der Waals surface area contributed by atoms with Crippen molar-refractivity contribution in [2.45, 2.75) is 39.8 Å². The lowest BCUT2D eigenvalue weighted by atomic mass is 9.84. The molecule has 182 valence electrons. The maximum absolute atomic E-state index is 14.7. The zero-order valence-electron chi connectivity index (χ0n) is 20.1. The van der Waals surface area contributed by atoms with E-state index in [4.69, 9.17) is 15.5 Å². The summed E-state index contributed by atoms with van der Waals surface area (Å²) < 4.78 is 35.6. The molecule has 1 amide bonds. The Morgan fingerprint density at radius 1 is 1.18 bits per heavy atom. The molecule has 0 unspecified atom stereocenters. The van der Waals surface area contributed by atoms with E-state index in [9.17, 15) is 13.6 Å². The second kappa shape index (κ2) is 10.8. The molecule has 3 rings (SSSR count). The molecule has 1 aromatic heterocycles. The van der Waals surface area contributed by atoms with Crippen LogP contribution in [0.5, 0.6) is 0 Å². The minimum atomic E-state index is -0.572. The predicted molar refractivity (Wildman–Crippen MR) is 128 cm³/mol. The van der Waals surface area contributed by atoms with E-state index in [1.54, 1.807) is 11.1 Å². The molecule has 0 fully saturated rings. The number of carbonyl (C=O) groups is 1. The lowest BCUT2D eigenvalue weighted by Gasteiger charge is -2.39. The Hall–Kier alpha value is -3.26. The van der Waals surface area contributed by atoms with Gasteiger partial charge in [-0.1, -0.05) is 51.1 Å². The van der Waals surface area contributed by atoms with Gasteiger partial charge >= 0.3 is 6.09 Å². The lowest BCUT2D eigenvalue weighted by Crippen LogP contribution is -2.43. The van der Waals surface area contributed by atoms with E-state index >= 15 is 0 Å². The number of ether oxygens (including phenoxy) is 1. The summed E-state index contributed by atoms with van der Waals surface area (Å²) in [5.41, 5.74) is 6.64. The number of amides is 1. The van der Waals surface area contributed by atoms with E-state index in [2.05, 4.69) is 0 Å². The number of nitrogens with two attached hydrogens (primary N) is 1. The molecule has 2 aromatic carbocycles. The third-order valence-electron chi connectivity index (χ3n) is 5.60. The Labute approximate surface area is 199 Å². The van der Waals surface area contributed by atoms with Crippen LogP contribution in [0.1, 0.15) is 44.6 Å². The van der Waals surface area contributed by atoms with Crippen molar-refractivity contribution < 1.29 is 18.3 Å². The topological polar surface area (TPSA) is 73.4 Å². The predicted octanol–water partition coefficient (Wildman–Crippen LogP) is 5.38. The Morgan fingerprint density at radius 3 is 2.50 bits per heavy atom. The molecular weight excluding hydrogens is 438 g/mol. The summed E-state index contributed by atoms with van der Waals surface area (Å²) in [5, 5.41) is 0. The fraction of sp³-hybridized carbons (Fsp3) is 0.385. The van der Waals surface area contributed by atoms with Crippen LogP contribution in [0.3, 0.4) is 0 Å². The lowest BCUT2D eigenvalue weighted by molar-refractivity contribution is 0.0632. The van der Waals surface area contributed by atoms with Gasteiger partial charge in [-0.05, 0) is 42.1 Å². The molecule has 1 heterocycles. The standard InChI is InChI=1S/C26H32F2N4O2/c1-26(2,3)23(32(14-8-13-29)25(33)34-4)24-30-22(20-15-19(27)11-12-21(20)28)17-31(24)16-18-9-6-5-7-10-18/h5-7,9-12,15,17,23H,8,13-14,16,29H2,1-4H3/t23-/m0/s1. The molecule has 2 N–H and O–H groups in total. The van der Waals surface area contributed by atoms with Gasteiger partial charge in [-0.15, -0.1) is 0 Å². The van der Waals surface area contributed by atoms with Gasteiger partial charge in [-0.3, -0.25) is 4.90 Å². The Balaban J connectivity index is 2.20. The molecule has 0 saturated heterocycles. The molecule has 0 aliphatic carbocycles. The zero-order valence-corrected chi connectivity index (χ0v) is 20.1. The number of benzene rings is 2. The number of hydrogen-bond donors (Lipinski definition) is 1. The van der Waals surface area contributed by atoms with Crippen LogP contribution in [-0.2, 0) is 11.3 Å². The molecule has 8 heteroatoms. The van der Waals surface area contributed by atoms with Crippen LogP contribution >= 0.6 is 0 Å². The molecule has 0 aliphatic rings. The van der Waals surface area contributed by atoms with Crippen molar-refractivity contribution in [3.05, 3.63) is 77.8 Å². The fourth-order valence-corrected chi connectivity index (χ4v) is 4.08. The zero-order chi connectivity index (χ0) is 24.9. The number of methoxy groups -OCH3 is 1. The van der Waals surface area contributed by atoms with Crippen molar-refractivity contribution in [2.24, 2.45) is 11.1 Å². The first kappa shape index (κ1) is 25.4. The van der Waals surface area contributed by atoms with Gasteiger partial charge in [0.2, 0.25) is 0 Å². The highest BCUT2D eigenvalue weighted by Crippen LogP contribution is 2.39. The Kier molecular flexibility index (Phi) is 8.04. The van der Waals surface area contributed by atoms with Crippen LogP contribution in [0, 0.1) is 17.0 Å². The maximum atomic E-state index is 14.7. The Bertz CT molecular complexity index is 1110. The summed E-state index contributed by atoms with van der Waals surface area (Å²) in [6, 6.07) is 12.5. The van der Waals surface area contributed by atoms with Gasteiger partial charge in [0.05, 0.1) is 18.8 Å². The van der Waals surface area contributed by atoms with Crippen molar-refractivity contribution >= 4 is 6.09 Å². The number of nitrogens with zero attached hydrogens (tertiary/aromatic N) is 3. The fourth-order valence-electron chi connectivity index (χ4n) is 4.08. The SMILES string of the molecule is COC(=O)N(CCCN)[C@@H](c1nc(-c2cc(F)ccc2F)cn1Cc1ccccc1)C(C)(C)C. The average molecular weight is 471 g/mol. The molecule has 0 bridgehead atoms. The van der Waals surface area contributed by atoms with Gasteiger partial charge in [0.15, 0.2) is 0 Å². The van der Waals surface area contributed by atoms with E-state index in [0.717, 1.165) is 23.8 Å². The minimum absolute atomic E-state index is 0.0623. The van der Waals surface area contributed by atoms with Crippen molar-refractivity contribution in [1.29, 1.82) is 0 Å². The smallest absolute Gasteiger partial charge is 0.410 e. The number of aromatic nitrogens is 2. The highest BCUT2D eigenvalue weighted by atomic mass is 19.1. The minimum Gasteiger partial charge on any atom is -0.453 e. The van der Waals surface area contributed by atoms with E-state index in [1.807, 2.05) is 55.7 Å². The van der Waals surface area contributed by atoms with Gasteiger partial charge in [-0.25, -0.2) is 18.6 Å². The summed E-state index contributed by atoms with van der Waals surface area (Å²) in [4.78, 5) is 19.2.